The summed E-state index contributed by atoms with van der Waals surface area (Å²) in [5.74, 6) is 1.62. The van der Waals surface area contributed by atoms with Crippen molar-refractivity contribution in [1.82, 2.24) is 0 Å². The molecule has 3 heteroatoms. The second-order valence-corrected chi connectivity index (χ2v) is 17.0. The van der Waals surface area contributed by atoms with Crippen LogP contribution in [0.15, 0.2) is 0 Å². The third-order valence-electron chi connectivity index (χ3n) is 8.86. The third-order valence-corrected chi connectivity index (χ3v) is 13.3. The Morgan fingerprint density at radius 1 is 1.04 bits per heavy atom. The fraction of sp³-hybridized carbons (Fsp3) is 1.00. The minimum absolute atomic E-state index is 0.0368. The first kappa shape index (κ1) is 17.5. The Kier molecular flexibility index (Phi) is 3.17. The van der Waals surface area contributed by atoms with Crippen molar-refractivity contribution in [3.63, 3.8) is 0 Å². The van der Waals surface area contributed by atoms with Gasteiger partial charge in [-0.25, -0.2) is 0 Å². The summed E-state index contributed by atoms with van der Waals surface area (Å²) in [6.45, 7) is 21.7. The van der Waals surface area contributed by atoms with E-state index in [0.29, 0.717) is 22.9 Å². The SMILES string of the molecule is CC1(C)C[C@@H]2C[C@@]2(C)[C@@H]2C[C@H](O[Si](C)(C)C(C)(C)C)[C@@]3(C)O[C@]23C1. The molecule has 1 heterocycles. The summed E-state index contributed by atoms with van der Waals surface area (Å²) in [7, 11) is -1.76. The van der Waals surface area contributed by atoms with Gasteiger partial charge in [-0.15, -0.1) is 0 Å². The van der Waals surface area contributed by atoms with Gasteiger partial charge in [0.2, 0.25) is 0 Å². The van der Waals surface area contributed by atoms with Gasteiger partial charge in [0.1, 0.15) is 11.2 Å². The van der Waals surface area contributed by atoms with Crippen LogP contribution >= 0.6 is 0 Å². The average Bonchev–Trinajstić information content (AvgIpc) is 3.15. The van der Waals surface area contributed by atoms with E-state index < -0.39 is 8.32 Å². The van der Waals surface area contributed by atoms with Crippen molar-refractivity contribution >= 4 is 8.32 Å². The molecular formula is C21H38O2Si. The van der Waals surface area contributed by atoms with Crippen LogP contribution in [0.2, 0.25) is 18.1 Å². The monoisotopic (exact) mass is 350 g/mol. The molecule has 0 bridgehead atoms. The van der Waals surface area contributed by atoms with Crippen LogP contribution in [-0.2, 0) is 9.16 Å². The quantitative estimate of drug-likeness (QED) is 0.466. The van der Waals surface area contributed by atoms with E-state index in [2.05, 4.69) is 61.6 Å². The molecule has 24 heavy (non-hydrogen) atoms. The molecule has 0 aromatic carbocycles. The van der Waals surface area contributed by atoms with Crippen molar-refractivity contribution in [2.75, 3.05) is 0 Å². The van der Waals surface area contributed by atoms with Gasteiger partial charge in [0.15, 0.2) is 8.32 Å². The molecule has 0 unspecified atom stereocenters. The fourth-order valence-electron chi connectivity index (χ4n) is 6.22. The van der Waals surface area contributed by atoms with E-state index in [4.69, 9.17) is 9.16 Å². The van der Waals surface area contributed by atoms with Crippen LogP contribution in [0.4, 0.5) is 0 Å². The zero-order chi connectivity index (χ0) is 18.0. The zero-order valence-corrected chi connectivity index (χ0v) is 18.4. The van der Waals surface area contributed by atoms with E-state index in [-0.39, 0.29) is 16.2 Å². The minimum Gasteiger partial charge on any atom is -0.411 e. The first-order chi connectivity index (χ1) is 10.7. The highest BCUT2D eigenvalue weighted by Crippen LogP contribution is 2.79. The summed E-state index contributed by atoms with van der Waals surface area (Å²) in [6.07, 6.45) is 5.55. The second-order valence-electron chi connectivity index (χ2n) is 12.2. The van der Waals surface area contributed by atoms with Gasteiger partial charge in [-0.2, -0.15) is 0 Å². The first-order valence-electron chi connectivity index (χ1n) is 10.0. The molecule has 1 spiro atoms. The minimum atomic E-state index is -1.76. The number of rotatable bonds is 2. The zero-order valence-electron chi connectivity index (χ0n) is 17.4. The average molecular weight is 351 g/mol. The Labute approximate surface area is 150 Å². The lowest BCUT2D eigenvalue weighted by molar-refractivity contribution is 0.0360. The smallest absolute Gasteiger partial charge is 0.192 e. The molecule has 6 atom stereocenters. The summed E-state index contributed by atoms with van der Waals surface area (Å²) >= 11 is 0. The largest absolute Gasteiger partial charge is 0.411 e. The van der Waals surface area contributed by atoms with Crippen LogP contribution < -0.4 is 0 Å². The lowest BCUT2D eigenvalue weighted by atomic mass is 9.73. The molecule has 1 aliphatic heterocycles. The van der Waals surface area contributed by atoms with Gasteiger partial charge in [-0.1, -0.05) is 41.5 Å². The van der Waals surface area contributed by atoms with Crippen LogP contribution in [0.25, 0.3) is 0 Å². The van der Waals surface area contributed by atoms with Crippen molar-refractivity contribution in [2.45, 2.75) is 110 Å². The van der Waals surface area contributed by atoms with Crippen molar-refractivity contribution in [1.29, 1.82) is 0 Å². The predicted octanol–water partition coefficient (Wildman–Crippen LogP) is 5.77. The molecule has 138 valence electrons. The second kappa shape index (κ2) is 4.34. The summed E-state index contributed by atoms with van der Waals surface area (Å²) in [6, 6.07) is 0. The molecule has 4 fully saturated rings. The van der Waals surface area contributed by atoms with Gasteiger partial charge in [-0.05, 0) is 73.4 Å². The van der Waals surface area contributed by atoms with E-state index >= 15 is 0 Å². The lowest BCUT2D eigenvalue weighted by Crippen LogP contribution is -2.47. The third kappa shape index (κ3) is 2.07. The molecule has 0 aromatic heterocycles. The normalized spacial score (nSPS) is 52.1. The van der Waals surface area contributed by atoms with Crippen molar-refractivity contribution in [3.8, 4) is 0 Å². The highest BCUT2D eigenvalue weighted by molar-refractivity contribution is 6.74. The van der Waals surface area contributed by atoms with Gasteiger partial charge >= 0.3 is 0 Å². The molecule has 3 aliphatic carbocycles. The number of hydrogen-bond donors (Lipinski definition) is 0. The van der Waals surface area contributed by atoms with Crippen LogP contribution in [0.5, 0.6) is 0 Å². The predicted molar refractivity (Wildman–Crippen MR) is 102 cm³/mol. The van der Waals surface area contributed by atoms with Crippen LogP contribution in [-0.4, -0.2) is 25.6 Å². The number of fused-ring (bicyclic) bond motifs is 2. The Morgan fingerprint density at radius 3 is 2.25 bits per heavy atom. The molecule has 4 rings (SSSR count). The van der Waals surface area contributed by atoms with Gasteiger partial charge in [0, 0.05) is 0 Å². The summed E-state index contributed by atoms with van der Waals surface area (Å²) in [5.41, 5.74) is 0.979. The standard InChI is InChI=1S/C21H38O2Si/c1-17(2,3)24(8,9)22-16-10-15-19(6)12-14(19)11-18(4,5)13-21(15)20(16,7)23-21/h14-16H,10-13H2,1-9H3/t14-,15+,16+,19-,20-,21-/m1/s1. The van der Waals surface area contributed by atoms with Gasteiger partial charge < -0.3 is 9.16 Å². The highest BCUT2D eigenvalue weighted by atomic mass is 28.4. The molecular weight excluding hydrogens is 312 g/mol. The van der Waals surface area contributed by atoms with Crippen LogP contribution in [0, 0.1) is 22.7 Å². The Hall–Kier alpha value is 0.137. The maximum atomic E-state index is 6.94. The van der Waals surface area contributed by atoms with E-state index in [9.17, 15) is 0 Å². The van der Waals surface area contributed by atoms with E-state index in [1.54, 1.807) is 0 Å². The van der Waals surface area contributed by atoms with Gasteiger partial charge in [0.25, 0.3) is 0 Å². The molecule has 2 nitrogen and oxygen atoms in total. The maximum Gasteiger partial charge on any atom is 0.192 e. The maximum absolute atomic E-state index is 6.94. The fourth-order valence-corrected chi connectivity index (χ4v) is 7.61. The Morgan fingerprint density at radius 2 is 1.67 bits per heavy atom. The van der Waals surface area contributed by atoms with E-state index in [1.165, 1.54) is 25.7 Å². The Balaban J connectivity index is 1.65. The number of ether oxygens (including phenoxy) is 1. The van der Waals surface area contributed by atoms with Gasteiger partial charge in [-0.3, -0.25) is 0 Å². The Bertz CT molecular complexity index is 577. The number of hydrogen-bond acceptors (Lipinski definition) is 2. The van der Waals surface area contributed by atoms with Crippen molar-refractivity contribution in [2.24, 2.45) is 22.7 Å². The van der Waals surface area contributed by atoms with Crippen LogP contribution in [0.3, 0.4) is 0 Å². The van der Waals surface area contributed by atoms with E-state index in [0.717, 1.165) is 5.92 Å². The molecule has 4 aliphatic rings. The van der Waals surface area contributed by atoms with Gasteiger partial charge in [0.05, 0.1) is 6.10 Å². The van der Waals surface area contributed by atoms with Crippen molar-refractivity contribution in [3.05, 3.63) is 0 Å². The molecule has 1 saturated heterocycles. The van der Waals surface area contributed by atoms with E-state index in [1.807, 2.05) is 0 Å². The summed E-state index contributed by atoms with van der Waals surface area (Å²) < 4.78 is 13.6. The molecule has 0 radical (unpaired) electrons. The van der Waals surface area contributed by atoms with Crippen molar-refractivity contribution < 1.29 is 9.16 Å². The molecule has 3 saturated carbocycles. The molecule has 0 amide bonds. The first-order valence-corrected chi connectivity index (χ1v) is 13.0. The summed E-state index contributed by atoms with van der Waals surface area (Å²) in [4.78, 5) is 0. The topological polar surface area (TPSA) is 21.8 Å². The molecule has 0 N–H and O–H groups in total. The summed E-state index contributed by atoms with van der Waals surface area (Å²) in [5, 5.41) is 0.265. The highest BCUT2D eigenvalue weighted by Gasteiger charge is 2.84. The number of epoxide rings is 1. The lowest BCUT2D eigenvalue weighted by Gasteiger charge is -2.40. The van der Waals surface area contributed by atoms with Crippen LogP contribution in [0.1, 0.15) is 74.1 Å². The molecule has 0 aromatic rings.